The number of nitrogens with one attached hydrogen (secondary N) is 2. The Kier molecular flexibility index (Phi) is 11.1. The molecule has 0 spiro atoms. The van der Waals surface area contributed by atoms with Crippen molar-refractivity contribution in [2.45, 2.75) is 13.0 Å². The van der Waals surface area contributed by atoms with Crippen LogP contribution in [-0.2, 0) is 4.74 Å². The van der Waals surface area contributed by atoms with Gasteiger partial charge in [-0.25, -0.2) is 0 Å². The van der Waals surface area contributed by atoms with Gasteiger partial charge in [0, 0.05) is 46.0 Å². The van der Waals surface area contributed by atoms with Gasteiger partial charge in [-0.05, 0) is 19.1 Å². The molecule has 5 nitrogen and oxygen atoms in total. The van der Waals surface area contributed by atoms with E-state index in [9.17, 15) is 0 Å². The summed E-state index contributed by atoms with van der Waals surface area (Å²) < 4.78 is 5.00. The van der Waals surface area contributed by atoms with Crippen molar-refractivity contribution in [2.24, 2.45) is 4.99 Å². The monoisotopic (exact) mass is 406 g/mol. The summed E-state index contributed by atoms with van der Waals surface area (Å²) in [4.78, 5) is 6.43. The number of halogens is 1. The standard InChI is InChI=1S/C15H26N4O.HI/c1-13(19(3)14-8-6-5-7-9-14)12-18-15(16-2)17-10-11-20-4;/h5-9,13H,10-12H2,1-4H3,(H2,16,17,18);1H. The number of anilines is 1. The number of rotatable bonds is 7. The van der Waals surface area contributed by atoms with Crippen LogP contribution in [-0.4, -0.2) is 52.9 Å². The van der Waals surface area contributed by atoms with Crippen molar-refractivity contribution in [3.05, 3.63) is 30.3 Å². The van der Waals surface area contributed by atoms with Crippen LogP contribution < -0.4 is 15.5 Å². The maximum Gasteiger partial charge on any atom is 0.191 e. The van der Waals surface area contributed by atoms with Crippen LogP contribution in [0.5, 0.6) is 0 Å². The smallest absolute Gasteiger partial charge is 0.191 e. The van der Waals surface area contributed by atoms with Gasteiger partial charge in [0.15, 0.2) is 5.96 Å². The van der Waals surface area contributed by atoms with Crippen molar-refractivity contribution in [3.63, 3.8) is 0 Å². The number of nitrogens with zero attached hydrogens (tertiary/aromatic N) is 2. The second kappa shape index (κ2) is 11.6. The van der Waals surface area contributed by atoms with Crippen molar-refractivity contribution < 1.29 is 4.74 Å². The first-order valence-corrected chi connectivity index (χ1v) is 6.90. The largest absolute Gasteiger partial charge is 0.383 e. The first kappa shape index (κ1) is 20.0. The first-order chi connectivity index (χ1) is 9.69. The van der Waals surface area contributed by atoms with Crippen LogP contribution in [0.15, 0.2) is 35.3 Å². The number of hydrogen-bond donors (Lipinski definition) is 2. The molecule has 0 aliphatic carbocycles. The number of methoxy groups -OCH3 is 1. The Morgan fingerprint density at radius 1 is 1.29 bits per heavy atom. The van der Waals surface area contributed by atoms with Gasteiger partial charge in [0.25, 0.3) is 0 Å². The van der Waals surface area contributed by atoms with E-state index in [1.54, 1.807) is 14.2 Å². The van der Waals surface area contributed by atoms with Gasteiger partial charge in [0.05, 0.1) is 6.61 Å². The zero-order valence-corrected chi connectivity index (χ0v) is 15.6. The van der Waals surface area contributed by atoms with E-state index in [4.69, 9.17) is 4.74 Å². The fourth-order valence-corrected chi connectivity index (χ4v) is 1.79. The number of ether oxygens (including phenoxy) is 1. The molecule has 0 saturated carbocycles. The summed E-state index contributed by atoms with van der Waals surface area (Å²) in [5.41, 5.74) is 1.21. The molecular weight excluding hydrogens is 379 g/mol. The third kappa shape index (κ3) is 7.52. The number of benzene rings is 1. The molecule has 0 aliphatic heterocycles. The van der Waals surface area contributed by atoms with E-state index in [1.165, 1.54) is 5.69 Å². The molecule has 6 heteroatoms. The van der Waals surface area contributed by atoms with Crippen molar-refractivity contribution in [2.75, 3.05) is 45.8 Å². The summed E-state index contributed by atoms with van der Waals surface area (Å²) in [6.45, 7) is 4.42. The topological polar surface area (TPSA) is 48.9 Å². The van der Waals surface area contributed by atoms with Gasteiger partial charge >= 0.3 is 0 Å². The van der Waals surface area contributed by atoms with Crippen LogP contribution in [0.25, 0.3) is 0 Å². The Hall–Kier alpha value is -1.02. The molecule has 1 aromatic rings. The van der Waals surface area contributed by atoms with E-state index in [0.29, 0.717) is 12.6 Å². The van der Waals surface area contributed by atoms with Crippen LogP contribution in [0, 0.1) is 0 Å². The normalized spacial score (nSPS) is 12.3. The van der Waals surface area contributed by atoms with Crippen LogP contribution in [0.3, 0.4) is 0 Å². The maximum absolute atomic E-state index is 5.00. The molecule has 0 radical (unpaired) electrons. The molecule has 1 aromatic carbocycles. The van der Waals surface area contributed by atoms with Crippen molar-refractivity contribution in [1.82, 2.24) is 10.6 Å². The summed E-state index contributed by atoms with van der Waals surface area (Å²) in [6.07, 6.45) is 0. The molecule has 1 unspecified atom stereocenters. The van der Waals surface area contributed by atoms with Gasteiger partial charge in [-0.15, -0.1) is 24.0 Å². The SMILES string of the molecule is CN=C(NCCOC)NCC(C)N(C)c1ccccc1.I. The first-order valence-electron chi connectivity index (χ1n) is 6.90. The minimum absolute atomic E-state index is 0. The molecule has 1 atom stereocenters. The second-order valence-corrected chi connectivity index (χ2v) is 4.67. The summed E-state index contributed by atoms with van der Waals surface area (Å²) in [5, 5.41) is 6.52. The molecule has 0 fully saturated rings. The molecule has 21 heavy (non-hydrogen) atoms. The number of para-hydroxylation sites is 1. The summed E-state index contributed by atoms with van der Waals surface area (Å²) in [7, 11) is 5.56. The van der Waals surface area contributed by atoms with Crippen molar-refractivity contribution in [3.8, 4) is 0 Å². The lowest BCUT2D eigenvalue weighted by Crippen LogP contribution is -2.45. The van der Waals surface area contributed by atoms with Gasteiger partial charge < -0.3 is 20.3 Å². The molecule has 0 bridgehead atoms. The van der Waals surface area contributed by atoms with E-state index in [-0.39, 0.29) is 24.0 Å². The third-order valence-corrected chi connectivity index (χ3v) is 3.21. The molecule has 0 aliphatic rings. The maximum atomic E-state index is 5.00. The van der Waals surface area contributed by atoms with Gasteiger partial charge in [0.1, 0.15) is 0 Å². The highest BCUT2D eigenvalue weighted by Gasteiger charge is 2.10. The van der Waals surface area contributed by atoms with Gasteiger partial charge in [0.2, 0.25) is 0 Å². The van der Waals surface area contributed by atoms with Crippen LogP contribution >= 0.6 is 24.0 Å². The Balaban J connectivity index is 0.00000400. The third-order valence-electron chi connectivity index (χ3n) is 3.21. The van der Waals surface area contributed by atoms with E-state index in [1.807, 2.05) is 6.07 Å². The lowest BCUT2D eigenvalue weighted by atomic mass is 10.2. The molecule has 0 heterocycles. The van der Waals surface area contributed by atoms with E-state index >= 15 is 0 Å². The average molecular weight is 406 g/mol. The number of likely N-dealkylation sites (N-methyl/N-ethyl adjacent to an activating group) is 1. The quantitative estimate of drug-likeness (QED) is 0.315. The molecule has 120 valence electrons. The van der Waals surface area contributed by atoms with Crippen LogP contribution in [0.1, 0.15) is 6.92 Å². The van der Waals surface area contributed by atoms with Crippen molar-refractivity contribution >= 4 is 35.6 Å². The highest BCUT2D eigenvalue weighted by atomic mass is 127. The minimum Gasteiger partial charge on any atom is -0.383 e. The van der Waals surface area contributed by atoms with Crippen molar-refractivity contribution in [1.29, 1.82) is 0 Å². The number of hydrogen-bond acceptors (Lipinski definition) is 3. The molecule has 0 saturated heterocycles. The fraction of sp³-hybridized carbons (Fsp3) is 0.533. The van der Waals surface area contributed by atoms with Gasteiger partial charge in [-0.3, -0.25) is 4.99 Å². The minimum atomic E-state index is 0. The Labute approximate surface area is 145 Å². The van der Waals surface area contributed by atoms with E-state index < -0.39 is 0 Å². The average Bonchev–Trinajstić information content (AvgIpc) is 2.50. The Morgan fingerprint density at radius 2 is 1.95 bits per heavy atom. The van der Waals surface area contributed by atoms with E-state index in [2.05, 4.69) is 58.8 Å². The number of guanidine groups is 1. The predicted molar refractivity (Wildman–Crippen MR) is 101 cm³/mol. The molecular formula is C15H27IN4O. The number of aliphatic imine (C=N–C) groups is 1. The highest BCUT2D eigenvalue weighted by molar-refractivity contribution is 14.0. The lowest BCUT2D eigenvalue weighted by Gasteiger charge is -2.27. The summed E-state index contributed by atoms with van der Waals surface area (Å²) in [5.74, 6) is 0.801. The van der Waals surface area contributed by atoms with Crippen LogP contribution in [0.4, 0.5) is 5.69 Å². The fourth-order valence-electron chi connectivity index (χ4n) is 1.79. The summed E-state index contributed by atoms with van der Waals surface area (Å²) in [6, 6.07) is 10.7. The molecule has 2 N–H and O–H groups in total. The zero-order chi connectivity index (χ0) is 14.8. The lowest BCUT2D eigenvalue weighted by molar-refractivity contribution is 0.203. The van der Waals surface area contributed by atoms with Gasteiger partial charge in [-0.2, -0.15) is 0 Å². The molecule has 0 aromatic heterocycles. The summed E-state index contributed by atoms with van der Waals surface area (Å²) >= 11 is 0. The van der Waals surface area contributed by atoms with E-state index in [0.717, 1.165) is 19.0 Å². The van der Waals surface area contributed by atoms with Gasteiger partial charge in [-0.1, -0.05) is 18.2 Å². The Bertz CT molecular complexity index is 400. The second-order valence-electron chi connectivity index (χ2n) is 4.67. The molecule has 0 amide bonds. The Morgan fingerprint density at radius 3 is 2.52 bits per heavy atom. The van der Waals surface area contributed by atoms with Crippen LogP contribution in [0.2, 0.25) is 0 Å². The molecule has 1 rings (SSSR count). The predicted octanol–water partition coefficient (Wildman–Crippen LogP) is 1.94. The zero-order valence-electron chi connectivity index (χ0n) is 13.3. The highest BCUT2D eigenvalue weighted by Crippen LogP contribution is 2.13.